The van der Waals surface area contributed by atoms with E-state index in [1.807, 2.05) is 31.0 Å². The van der Waals surface area contributed by atoms with Crippen LogP contribution in [0.4, 0.5) is 5.82 Å². The molecule has 0 spiro atoms. The van der Waals surface area contributed by atoms with E-state index < -0.39 is 0 Å². The minimum absolute atomic E-state index is 0.533. The summed E-state index contributed by atoms with van der Waals surface area (Å²) in [4.78, 5) is 9.25. The summed E-state index contributed by atoms with van der Waals surface area (Å²) in [5, 5.41) is 7.48. The summed E-state index contributed by atoms with van der Waals surface area (Å²) >= 11 is 2.25. The van der Waals surface area contributed by atoms with E-state index in [2.05, 4.69) is 43.0 Å². The highest BCUT2D eigenvalue weighted by atomic mass is 127. The van der Waals surface area contributed by atoms with Crippen molar-refractivity contribution in [3.8, 4) is 5.82 Å². The summed E-state index contributed by atoms with van der Waals surface area (Å²) in [6.07, 6.45) is 6.20. The number of nitrogens with one attached hydrogen (secondary N) is 1. The fraction of sp³-hybridized carbons (Fsp3) is 0.417. The molecular weight excluding hydrogens is 341 g/mol. The number of aromatic nitrogens is 4. The fourth-order valence-corrected chi connectivity index (χ4v) is 2.32. The van der Waals surface area contributed by atoms with Gasteiger partial charge in [0.1, 0.15) is 11.6 Å². The lowest BCUT2D eigenvalue weighted by molar-refractivity contribution is 0.801. The Morgan fingerprint density at radius 1 is 1.39 bits per heavy atom. The first-order valence-electron chi connectivity index (χ1n) is 5.96. The van der Waals surface area contributed by atoms with Crippen LogP contribution in [0.25, 0.3) is 5.82 Å². The molecule has 6 heteroatoms. The van der Waals surface area contributed by atoms with E-state index in [9.17, 15) is 0 Å². The van der Waals surface area contributed by atoms with Crippen LogP contribution < -0.4 is 5.32 Å². The Morgan fingerprint density at radius 3 is 2.72 bits per heavy atom. The van der Waals surface area contributed by atoms with Gasteiger partial charge in [-0.15, -0.1) is 0 Å². The number of rotatable bonds is 3. The predicted octanol–water partition coefficient (Wildman–Crippen LogP) is 2.49. The van der Waals surface area contributed by atoms with Gasteiger partial charge in [-0.05, 0) is 42.4 Å². The van der Waals surface area contributed by atoms with Crippen LogP contribution in [0.3, 0.4) is 0 Å². The Hall–Kier alpha value is -1.18. The standard InChI is InChI=1S/C12H14IN5/c1-7-10(14-2)16-11(8-3-4-8)17-12(7)18-6-9(13)5-15-18/h5-6,8H,3-4H2,1-2H3,(H,14,16,17). The van der Waals surface area contributed by atoms with E-state index in [-0.39, 0.29) is 0 Å². The van der Waals surface area contributed by atoms with Crippen molar-refractivity contribution < 1.29 is 0 Å². The van der Waals surface area contributed by atoms with Crippen LogP contribution in [0.1, 0.15) is 30.1 Å². The van der Waals surface area contributed by atoms with Crippen LogP contribution >= 0.6 is 22.6 Å². The Labute approximate surface area is 119 Å². The highest BCUT2D eigenvalue weighted by Crippen LogP contribution is 2.39. The third-order valence-corrected chi connectivity index (χ3v) is 3.64. The first-order chi connectivity index (χ1) is 8.69. The number of halogens is 1. The molecule has 3 rings (SSSR count). The summed E-state index contributed by atoms with van der Waals surface area (Å²) in [5.74, 6) is 3.24. The first kappa shape index (κ1) is 11.9. The Kier molecular flexibility index (Phi) is 2.96. The van der Waals surface area contributed by atoms with Gasteiger partial charge < -0.3 is 5.32 Å². The van der Waals surface area contributed by atoms with Crippen LogP contribution in [-0.2, 0) is 0 Å². The molecule has 0 aromatic carbocycles. The summed E-state index contributed by atoms with van der Waals surface area (Å²) in [6, 6.07) is 0. The second-order valence-corrected chi connectivity index (χ2v) is 5.75. The second kappa shape index (κ2) is 4.49. The lowest BCUT2D eigenvalue weighted by Crippen LogP contribution is -2.09. The molecule has 18 heavy (non-hydrogen) atoms. The molecule has 0 aliphatic heterocycles. The average Bonchev–Trinajstić information content (AvgIpc) is 3.12. The molecular formula is C12H14IN5. The van der Waals surface area contributed by atoms with Gasteiger partial charge in [-0.25, -0.2) is 14.6 Å². The Bertz CT molecular complexity index is 588. The molecule has 1 fully saturated rings. The summed E-state index contributed by atoms with van der Waals surface area (Å²) in [5.41, 5.74) is 1.03. The van der Waals surface area contributed by atoms with E-state index in [4.69, 9.17) is 0 Å². The van der Waals surface area contributed by atoms with Crippen molar-refractivity contribution in [3.05, 3.63) is 27.4 Å². The number of hydrogen-bond acceptors (Lipinski definition) is 4. The average molecular weight is 355 g/mol. The van der Waals surface area contributed by atoms with Crippen molar-refractivity contribution in [3.63, 3.8) is 0 Å². The van der Waals surface area contributed by atoms with Crippen molar-refractivity contribution >= 4 is 28.4 Å². The molecule has 2 heterocycles. The zero-order chi connectivity index (χ0) is 12.7. The molecule has 1 aliphatic rings. The summed E-state index contributed by atoms with van der Waals surface area (Å²) < 4.78 is 2.93. The van der Waals surface area contributed by atoms with Crippen molar-refractivity contribution in [2.75, 3.05) is 12.4 Å². The molecule has 1 N–H and O–H groups in total. The number of anilines is 1. The molecule has 2 aromatic rings. The van der Waals surface area contributed by atoms with Crippen LogP contribution in [0.15, 0.2) is 12.4 Å². The lowest BCUT2D eigenvalue weighted by Gasteiger charge is -2.11. The van der Waals surface area contributed by atoms with E-state index in [1.54, 1.807) is 0 Å². The maximum Gasteiger partial charge on any atom is 0.162 e. The lowest BCUT2D eigenvalue weighted by atomic mass is 10.3. The largest absolute Gasteiger partial charge is 0.373 e. The van der Waals surface area contributed by atoms with Crippen molar-refractivity contribution in [2.45, 2.75) is 25.7 Å². The number of hydrogen-bond donors (Lipinski definition) is 1. The Morgan fingerprint density at radius 2 is 2.17 bits per heavy atom. The molecule has 0 amide bonds. The summed E-state index contributed by atoms with van der Waals surface area (Å²) in [7, 11) is 1.89. The smallest absolute Gasteiger partial charge is 0.162 e. The van der Waals surface area contributed by atoms with Crippen LogP contribution in [0, 0.1) is 10.5 Å². The molecule has 1 saturated carbocycles. The summed E-state index contributed by atoms with van der Waals surface area (Å²) in [6.45, 7) is 2.02. The monoisotopic (exact) mass is 355 g/mol. The van der Waals surface area contributed by atoms with E-state index in [0.29, 0.717) is 5.92 Å². The molecule has 0 saturated heterocycles. The van der Waals surface area contributed by atoms with Gasteiger partial charge >= 0.3 is 0 Å². The minimum atomic E-state index is 0.533. The van der Waals surface area contributed by atoms with Gasteiger partial charge in [0.05, 0.1) is 9.77 Å². The predicted molar refractivity (Wildman–Crippen MR) is 78.1 cm³/mol. The molecule has 0 bridgehead atoms. The molecule has 0 atom stereocenters. The topological polar surface area (TPSA) is 55.6 Å². The third kappa shape index (κ3) is 2.09. The van der Waals surface area contributed by atoms with Gasteiger partial charge in [0.25, 0.3) is 0 Å². The molecule has 0 unspecified atom stereocenters. The molecule has 0 radical (unpaired) electrons. The highest BCUT2D eigenvalue weighted by Gasteiger charge is 2.28. The van der Waals surface area contributed by atoms with Crippen LogP contribution in [-0.4, -0.2) is 26.8 Å². The van der Waals surface area contributed by atoms with Gasteiger partial charge in [0.15, 0.2) is 5.82 Å². The number of nitrogens with zero attached hydrogens (tertiary/aromatic N) is 4. The molecule has 2 aromatic heterocycles. The van der Waals surface area contributed by atoms with Crippen LogP contribution in [0.5, 0.6) is 0 Å². The van der Waals surface area contributed by atoms with Gasteiger partial charge in [-0.3, -0.25) is 0 Å². The van der Waals surface area contributed by atoms with E-state index >= 15 is 0 Å². The van der Waals surface area contributed by atoms with E-state index in [1.165, 1.54) is 12.8 Å². The van der Waals surface area contributed by atoms with E-state index in [0.717, 1.165) is 26.6 Å². The fourth-order valence-electron chi connectivity index (χ4n) is 1.93. The quantitative estimate of drug-likeness (QED) is 0.860. The first-order valence-corrected chi connectivity index (χ1v) is 7.03. The Balaban J connectivity index is 2.14. The third-order valence-electron chi connectivity index (χ3n) is 3.08. The van der Waals surface area contributed by atoms with Crippen LogP contribution in [0.2, 0.25) is 0 Å². The maximum absolute atomic E-state index is 4.67. The maximum atomic E-state index is 4.67. The molecule has 1 aliphatic carbocycles. The van der Waals surface area contributed by atoms with Gasteiger partial charge in [-0.1, -0.05) is 0 Å². The van der Waals surface area contributed by atoms with Crippen molar-refractivity contribution in [1.29, 1.82) is 0 Å². The zero-order valence-corrected chi connectivity index (χ0v) is 12.5. The molecule has 94 valence electrons. The van der Waals surface area contributed by atoms with Gasteiger partial charge in [0, 0.05) is 24.7 Å². The van der Waals surface area contributed by atoms with Gasteiger partial charge in [0.2, 0.25) is 0 Å². The van der Waals surface area contributed by atoms with Crippen molar-refractivity contribution in [2.24, 2.45) is 0 Å². The van der Waals surface area contributed by atoms with Crippen molar-refractivity contribution in [1.82, 2.24) is 19.7 Å². The second-order valence-electron chi connectivity index (χ2n) is 4.51. The zero-order valence-electron chi connectivity index (χ0n) is 10.3. The highest BCUT2D eigenvalue weighted by molar-refractivity contribution is 14.1. The van der Waals surface area contributed by atoms with Gasteiger partial charge in [-0.2, -0.15) is 5.10 Å². The molecule has 5 nitrogen and oxygen atoms in total. The normalized spacial score (nSPS) is 14.8. The SMILES string of the molecule is CNc1nc(C2CC2)nc(-n2cc(I)cn2)c1C. The minimum Gasteiger partial charge on any atom is -0.373 e.